The molecule has 9 nitrogen and oxygen atoms in total. The third kappa shape index (κ3) is 4.49. The first-order valence-corrected chi connectivity index (χ1v) is 5.82. The first kappa shape index (κ1) is 18.6. The second-order valence-electron chi connectivity index (χ2n) is 4.12. The van der Waals surface area contributed by atoms with Crippen LogP contribution in [0.25, 0.3) is 0 Å². The quantitative estimate of drug-likeness (QED) is 0.335. The van der Waals surface area contributed by atoms with Crippen LogP contribution < -0.4 is 34.7 Å². The van der Waals surface area contributed by atoms with Gasteiger partial charge in [0.15, 0.2) is 0 Å². The second kappa shape index (κ2) is 7.68. The fraction of sp³-hybridized carbons (Fsp3) is 0. The van der Waals surface area contributed by atoms with Crippen molar-refractivity contribution in [3.05, 3.63) is 52.1 Å². The van der Waals surface area contributed by atoms with Gasteiger partial charge in [-0.3, -0.25) is 10.1 Å². The monoisotopic (exact) mass is 325 g/mol. The Morgan fingerprint density at radius 2 is 1.74 bits per heavy atom. The number of nitrogens with zero attached hydrogens (tertiary/aromatic N) is 3. The summed E-state index contributed by atoms with van der Waals surface area (Å²) in [6, 6.07) is 6.73. The predicted molar refractivity (Wildman–Crippen MR) is 71.8 cm³/mol. The topological polar surface area (TPSA) is 148 Å². The molecule has 0 saturated heterocycles. The number of carboxylic acids is 1. The van der Waals surface area contributed by atoms with Gasteiger partial charge in [0.05, 0.1) is 16.2 Å². The molecule has 0 bridgehead atoms. The summed E-state index contributed by atoms with van der Waals surface area (Å²) in [5.41, 5.74) is -0.607. The van der Waals surface area contributed by atoms with Gasteiger partial charge in [0.25, 0.3) is 5.69 Å². The fourth-order valence-electron chi connectivity index (χ4n) is 1.56. The number of non-ortho nitro benzene ring substituents is 1. The van der Waals surface area contributed by atoms with Gasteiger partial charge in [-0.1, -0.05) is 5.75 Å². The minimum Gasteiger partial charge on any atom is -0.872 e. The molecule has 0 heterocycles. The SMILES string of the molecule is O=C(O)c1cc(N=Nc2ccc([N+](=O)[O-])cc2)c(O)cc1[O-].[Na+]. The molecule has 0 saturated carbocycles. The minimum absolute atomic E-state index is 0. The molecule has 0 amide bonds. The van der Waals surface area contributed by atoms with Crippen molar-refractivity contribution in [1.82, 2.24) is 0 Å². The van der Waals surface area contributed by atoms with Crippen LogP contribution >= 0.6 is 0 Å². The molecule has 112 valence electrons. The van der Waals surface area contributed by atoms with Crippen LogP contribution in [-0.2, 0) is 0 Å². The Kier molecular flexibility index (Phi) is 6.19. The molecule has 10 heteroatoms. The average molecular weight is 325 g/mol. The number of aromatic hydroxyl groups is 1. The van der Waals surface area contributed by atoms with Gasteiger partial charge in [-0.15, -0.1) is 5.11 Å². The average Bonchev–Trinajstić information content (AvgIpc) is 2.46. The molecule has 0 radical (unpaired) electrons. The summed E-state index contributed by atoms with van der Waals surface area (Å²) in [6.45, 7) is 0. The molecule has 0 aliphatic carbocycles. The van der Waals surface area contributed by atoms with E-state index in [1.54, 1.807) is 0 Å². The Morgan fingerprint density at radius 3 is 2.26 bits per heavy atom. The molecular weight excluding hydrogens is 317 g/mol. The number of azo groups is 1. The van der Waals surface area contributed by atoms with Crippen molar-refractivity contribution in [1.29, 1.82) is 0 Å². The third-order valence-corrected chi connectivity index (χ3v) is 2.64. The van der Waals surface area contributed by atoms with Crippen LogP contribution in [0.5, 0.6) is 11.5 Å². The van der Waals surface area contributed by atoms with Crippen LogP contribution in [-0.4, -0.2) is 21.1 Å². The zero-order chi connectivity index (χ0) is 16.3. The van der Waals surface area contributed by atoms with Crippen molar-refractivity contribution in [2.24, 2.45) is 10.2 Å². The van der Waals surface area contributed by atoms with Crippen molar-refractivity contribution in [2.75, 3.05) is 0 Å². The van der Waals surface area contributed by atoms with E-state index in [4.69, 9.17) is 5.11 Å². The summed E-state index contributed by atoms with van der Waals surface area (Å²) in [7, 11) is 0. The number of hydrogen-bond donors (Lipinski definition) is 2. The number of phenolic OH excluding ortho intramolecular Hbond substituents is 1. The Bertz CT molecular complexity index is 776. The van der Waals surface area contributed by atoms with E-state index in [9.17, 15) is 25.1 Å². The van der Waals surface area contributed by atoms with Crippen LogP contribution in [0.2, 0.25) is 0 Å². The van der Waals surface area contributed by atoms with E-state index in [2.05, 4.69) is 10.2 Å². The number of nitro groups is 1. The Morgan fingerprint density at radius 1 is 1.13 bits per heavy atom. The number of nitro benzene ring substituents is 1. The number of rotatable bonds is 4. The van der Waals surface area contributed by atoms with Crippen molar-refractivity contribution in [3.63, 3.8) is 0 Å². The summed E-state index contributed by atoms with van der Waals surface area (Å²) < 4.78 is 0. The second-order valence-corrected chi connectivity index (χ2v) is 4.12. The largest absolute Gasteiger partial charge is 1.00 e. The van der Waals surface area contributed by atoms with Gasteiger partial charge in [0.2, 0.25) is 0 Å². The van der Waals surface area contributed by atoms with Gasteiger partial charge in [-0.2, -0.15) is 5.11 Å². The number of benzene rings is 2. The van der Waals surface area contributed by atoms with Crippen molar-refractivity contribution < 1.29 is 54.6 Å². The summed E-state index contributed by atoms with van der Waals surface area (Å²) in [5, 5.41) is 47.6. The zero-order valence-electron chi connectivity index (χ0n) is 11.8. The predicted octanol–water partition coefficient (Wildman–Crippen LogP) is -0.508. The number of phenols is 1. The normalized spacial score (nSPS) is 10.3. The van der Waals surface area contributed by atoms with Gasteiger partial charge in [-0.25, -0.2) is 4.79 Å². The number of carbonyl (C=O) groups is 1. The maximum Gasteiger partial charge on any atom is 1.00 e. The van der Waals surface area contributed by atoms with Crippen molar-refractivity contribution >= 4 is 23.0 Å². The first-order chi connectivity index (χ1) is 10.4. The smallest absolute Gasteiger partial charge is 0.872 e. The molecule has 0 aromatic heterocycles. The minimum atomic E-state index is -1.45. The molecule has 2 aromatic carbocycles. The van der Waals surface area contributed by atoms with Gasteiger partial charge < -0.3 is 15.3 Å². The molecule has 23 heavy (non-hydrogen) atoms. The van der Waals surface area contributed by atoms with E-state index in [1.807, 2.05) is 0 Å². The Balaban J connectivity index is 0.00000264. The standard InChI is InChI=1S/C13H9N3O6.Na/c17-11-6-12(18)10(5-9(11)13(19)20)15-14-7-1-3-8(4-2-7)16(21)22;/h1-6,17-18H,(H,19,20);/q;+1/p-1. The molecule has 0 aliphatic rings. The molecular formula is C13H8N3NaO6. The van der Waals surface area contributed by atoms with Crippen molar-refractivity contribution in [3.8, 4) is 11.5 Å². The summed E-state index contributed by atoms with van der Waals surface area (Å²) in [6.07, 6.45) is 0. The molecule has 0 spiro atoms. The van der Waals surface area contributed by atoms with E-state index in [-0.39, 0.29) is 46.6 Å². The molecule has 0 fully saturated rings. The molecule has 2 N–H and O–H groups in total. The molecule has 0 atom stereocenters. The molecule has 2 aromatic rings. The van der Waals surface area contributed by atoms with Crippen LogP contribution in [0.4, 0.5) is 17.1 Å². The van der Waals surface area contributed by atoms with Gasteiger partial charge in [0, 0.05) is 12.1 Å². The van der Waals surface area contributed by atoms with Gasteiger partial charge in [-0.05, 0) is 24.3 Å². The third-order valence-electron chi connectivity index (χ3n) is 2.64. The van der Waals surface area contributed by atoms with Crippen LogP contribution in [0.15, 0.2) is 46.6 Å². The van der Waals surface area contributed by atoms with E-state index in [0.717, 1.165) is 12.1 Å². The molecule has 0 aliphatic heterocycles. The number of aromatic carboxylic acids is 1. The van der Waals surface area contributed by atoms with Gasteiger partial charge in [0.1, 0.15) is 11.4 Å². The molecule has 2 rings (SSSR count). The number of carboxylic acid groups (broad SMARTS) is 1. The van der Waals surface area contributed by atoms with E-state index >= 15 is 0 Å². The van der Waals surface area contributed by atoms with E-state index in [0.29, 0.717) is 0 Å². The summed E-state index contributed by atoms with van der Waals surface area (Å²) >= 11 is 0. The Hall–Kier alpha value is -2.49. The number of hydrogen-bond acceptors (Lipinski definition) is 7. The fourth-order valence-corrected chi connectivity index (χ4v) is 1.56. The summed E-state index contributed by atoms with van der Waals surface area (Å²) in [4.78, 5) is 20.8. The summed E-state index contributed by atoms with van der Waals surface area (Å²) in [5.74, 6) is -2.81. The molecule has 0 unspecified atom stereocenters. The maximum absolute atomic E-state index is 11.3. The van der Waals surface area contributed by atoms with Crippen LogP contribution in [0, 0.1) is 10.1 Å². The van der Waals surface area contributed by atoms with Crippen LogP contribution in [0.3, 0.4) is 0 Å². The van der Waals surface area contributed by atoms with E-state index < -0.39 is 28.0 Å². The van der Waals surface area contributed by atoms with E-state index in [1.165, 1.54) is 24.3 Å². The first-order valence-electron chi connectivity index (χ1n) is 5.82. The van der Waals surface area contributed by atoms with Crippen LogP contribution in [0.1, 0.15) is 10.4 Å². The van der Waals surface area contributed by atoms with Gasteiger partial charge >= 0.3 is 35.5 Å². The van der Waals surface area contributed by atoms with Crippen molar-refractivity contribution in [2.45, 2.75) is 0 Å². The maximum atomic E-state index is 11.3. The Labute approximate surface area is 151 Å². The zero-order valence-corrected chi connectivity index (χ0v) is 13.8.